The van der Waals surface area contributed by atoms with E-state index in [9.17, 15) is 13.2 Å². The lowest BCUT2D eigenvalue weighted by Gasteiger charge is -2.28. The van der Waals surface area contributed by atoms with Crippen LogP contribution in [0.25, 0.3) is 5.65 Å². The second-order valence-electron chi connectivity index (χ2n) is 5.85. The van der Waals surface area contributed by atoms with Crippen molar-refractivity contribution in [2.75, 3.05) is 10.6 Å². The van der Waals surface area contributed by atoms with Gasteiger partial charge >= 0.3 is 0 Å². The van der Waals surface area contributed by atoms with Gasteiger partial charge in [0.15, 0.2) is 5.65 Å². The molecule has 0 radical (unpaired) electrons. The fraction of sp³-hybridized carbons (Fsp3) is 0.235. The van der Waals surface area contributed by atoms with Crippen molar-refractivity contribution in [3.63, 3.8) is 0 Å². The molecule has 26 heavy (non-hydrogen) atoms. The predicted octanol–water partition coefficient (Wildman–Crippen LogP) is 1.20. The van der Waals surface area contributed by atoms with Gasteiger partial charge < -0.3 is 5.32 Å². The summed E-state index contributed by atoms with van der Waals surface area (Å²) in [7, 11) is -3.63. The highest BCUT2D eigenvalue weighted by atomic mass is 32.2. The minimum Gasteiger partial charge on any atom is -0.350 e. The molecule has 3 aromatic rings. The van der Waals surface area contributed by atoms with Crippen LogP contribution in [0.2, 0.25) is 0 Å². The van der Waals surface area contributed by atoms with Crippen LogP contribution in [-0.2, 0) is 21.4 Å². The summed E-state index contributed by atoms with van der Waals surface area (Å²) in [5.74, 6) is -0.408. The van der Waals surface area contributed by atoms with E-state index in [-0.39, 0.29) is 6.54 Å². The largest absolute Gasteiger partial charge is 0.350 e. The highest BCUT2D eigenvalue weighted by Crippen LogP contribution is 2.20. The van der Waals surface area contributed by atoms with Gasteiger partial charge in [-0.15, -0.1) is 0 Å². The van der Waals surface area contributed by atoms with Crippen LogP contribution in [0.4, 0.5) is 5.69 Å². The Morgan fingerprint density at radius 3 is 2.69 bits per heavy atom. The van der Waals surface area contributed by atoms with E-state index in [0.717, 1.165) is 16.1 Å². The molecular formula is C17H19N5O3S. The fourth-order valence-corrected chi connectivity index (χ4v) is 3.89. The molecule has 2 aromatic heterocycles. The van der Waals surface area contributed by atoms with Gasteiger partial charge in [0.05, 0.1) is 18.1 Å². The molecule has 0 bridgehead atoms. The first-order valence-electron chi connectivity index (χ1n) is 7.97. The van der Waals surface area contributed by atoms with Gasteiger partial charge in [0.25, 0.3) is 0 Å². The van der Waals surface area contributed by atoms with Crippen LogP contribution >= 0.6 is 0 Å². The molecule has 0 saturated heterocycles. The molecule has 1 amide bonds. The minimum absolute atomic E-state index is 0.204. The number of fused-ring (bicyclic) bond motifs is 1. The average molecular weight is 373 g/mol. The Labute approximate surface area is 151 Å². The normalized spacial score (nSPS) is 12.7. The second kappa shape index (κ2) is 7.12. The van der Waals surface area contributed by atoms with E-state index in [1.807, 2.05) is 0 Å². The van der Waals surface area contributed by atoms with Crippen molar-refractivity contribution in [2.45, 2.75) is 19.5 Å². The van der Waals surface area contributed by atoms with Crippen molar-refractivity contribution >= 4 is 27.3 Å². The van der Waals surface area contributed by atoms with Crippen LogP contribution in [0, 0.1) is 0 Å². The monoisotopic (exact) mass is 373 g/mol. The van der Waals surface area contributed by atoms with Gasteiger partial charge in [-0.05, 0) is 25.1 Å². The number of carbonyl (C=O) groups is 1. The van der Waals surface area contributed by atoms with Crippen LogP contribution in [0.1, 0.15) is 12.5 Å². The van der Waals surface area contributed by atoms with Crippen molar-refractivity contribution in [2.24, 2.45) is 0 Å². The third-order valence-corrected chi connectivity index (χ3v) is 5.15. The van der Waals surface area contributed by atoms with Crippen LogP contribution < -0.4 is 9.62 Å². The number of aromatic nitrogens is 3. The molecule has 0 spiro atoms. The minimum atomic E-state index is -3.63. The number of benzene rings is 1. The Morgan fingerprint density at radius 2 is 2.00 bits per heavy atom. The molecule has 1 N–H and O–H groups in total. The van der Waals surface area contributed by atoms with Crippen LogP contribution in [0.5, 0.6) is 0 Å². The predicted molar refractivity (Wildman–Crippen MR) is 98.1 cm³/mol. The van der Waals surface area contributed by atoms with E-state index in [1.54, 1.807) is 66.4 Å². The lowest BCUT2D eigenvalue weighted by atomic mass is 10.2. The summed E-state index contributed by atoms with van der Waals surface area (Å²) in [5.41, 5.74) is 1.83. The summed E-state index contributed by atoms with van der Waals surface area (Å²) in [6.07, 6.45) is 6.11. The standard InChI is InChI=1S/C17H19N5O3S/c1-13(22(26(2,24)25)15-7-4-3-5-8-15)17(23)19-11-14-12-20-21-10-6-9-18-16(14)21/h3-10,12-13H,11H2,1-2H3,(H,19,23)/t13-/m0/s1. The number of nitrogens with one attached hydrogen (secondary N) is 1. The first-order chi connectivity index (χ1) is 12.4. The Morgan fingerprint density at radius 1 is 1.27 bits per heavy atom. The lowest BCUT2D eigenvalue weighted by Crippen LogP contribution is -2.47. The molecule has 9 heteroatoms. The number of hydrogen-bond acceptors (Lipinski definition) is 5. The van der Waals surface area contributed by atoms with Crippen molar-refractivity contribution in [1.82, 2.24) is 19.9 Å². The molecule has 0 unspecified atom stereocenters. The Hall–Kier alpha value is -2.94. The maximum absolute atomic E-state index is 12.6. The smallest absolute Gasteiger partial charge is 0.243 e. The number of nitrogens with zero attached hydrogens (tertiary/aromatic N) is 4. The highest BCUT2D eigenvalue weighted by Gasteiger charge is 2.28. The SMILES string of the molecule is C[C@@H](C(=O)NCc1cnn2cccnc12)N(c1ccccc1)S(C)(=O)=O. The molecule has 0 fully saturated rings. The van der Waals surface area contributed by atoms with Crippen LogP contribution in [-0.4, -0.2) is 41.2 Å². The molecule has 1 atom stereocenters. The Balaban J connectivity index is 1.77. The highest BCUT2D eigenvalue weighted by molar-refractivity contribution is 7.92. The zero-order chi connectivity index (χ0) is 18.7. The fourth-order valence-electron chi connectivity index (χ4n) is 2.71. The maximum atomic E-state index is 12.6. The molecule has 1 aromatic carbocycles. The van der Waals surface area contributed by atoms with E-state index in [2.05, 4.69) is 15.4 Å². The zero-order valence-corrected chi connectivity index (χ0v) is 15.2. The topological polar surface area (TPSA) is 96.7 Å². The molecule has 0 saturated carbocycles. The van der Waals surface area contributed by atoms with Gasteiger partial charge in [-0.3, -0.25) is 9.10 Å². The first-order valence-corrected chi connectivity index (χ1v) is 9.82. The quantitative estimate of drug-likeness (QED) is 0.700. The molecule has 0 aliphatic carbocycles. The third kappa shape index (κ3) is 3.67. The number of para-hydroxylation sites is 1. The van der Waals surface area contributed by atoms with Gasteiger partial charge in [-0.2, -0.15) is 5.10 Å². The number of sulfonamides is 1. The van der Waals surface area contributed by atoms with E-state index in [0.29, 0.717) is 11.3 Å². The van der Waals surface area contributed by atoms with Crippen molar-refractivity contribution in [1.29, 1.82) is 0 Å². The van der Waals surface area contributed by atoms with Crippen LogP contribution in [0.15, 0.2) is 55.0 Å². The summed E-state index contributed by atoms with van der Waals surface area (Å²) in [6.45, 7) is 1.76. The number of anilines is 1. The summed E-state index contributed by atoms with van der Waals surface area (Å²) in [4.78, 5) is 16.8. The average Bonchev–Trinajstić information content (AvgIpc) is 3.02. The molecule has 8 nitrogen and oxygen atoms in total. The second-order valence-corrected chi connectivity index (χ2v) is 7.71. The number of amides is 1. The Kier molecular flexibility index (Phi) is 4.90. The summed E-state index contributed by atoms with van der Waals surface area (Å²) in [6, 6.07) is 9.40. The molecule has 3 rings (SSSR count). The summed E-state index contributed by atoms with van der Waals surface area (Å²) in [5, 5.41) is 6.92. The van der Waals surface area contributed by atoms with Gasteiger partial charge in [0.1, 0.15) is 6.04 Å². The van der Waals surface area contributed by atoms with Gasteiger partial charge in [-0.25, -0.2) is 17.9 Å². The van der Waals surface area contributed by atoms with E-state index >= 15 is 0 Å². The van der Waals surface area contributed by atoms with E-state index in [4.69, 9.17) is 0 Å². The number of hydrogen-bond donors (Lipinski definition) is 1. The number of carbonyl (C=O) groups excluding carboxylic acids is 1. The molecule has 0 aliphatic heterocycles. The van der Waals surface area contributed by atoms with E-state index < -0.39 is 22.0 Å². The molecule has 136 valence electrons. The summed E-state index contributed by atoms with van der Waals surface area (Å²) < 4.78 is 27.1. The zero-order valence-electron chi connectivity index (χ0n) is 14.4. The molecule has 2 heterocycles. The van der Waals surface area contributed by atoms with Crippen molar-refractivity contribution < 1.29 is 13.2 Å². The number of rotatable bonds is 6. The van der Waals surface area contributed by atoms with Gasteiger partial charge in [-0.1, -0.05) is 18.2 Å². The van der Waals surface area contributed by atoms with Crippen molar-refractivity contribution in [3.8, 4) is 0 Å². The third-order valence-electron chi connectivity index (χ3n) is 3.90. The molecule has 0 aliphatic rings. The summed E-state index contributed by atoms with van der Waals surface area (Å²) >= 11 is 0. The Bertz CT molecular complexity index is 1020. The first kappa shape index (κ1) is 17.9. The van der Waals surface area contributed by atoms with Crippen LogP contribution in [0.3, 0.4) is 0 Å². The van der Waals surface area contributed by atoms with Crippen molar-refractivity contribution in [3.05, 3.63) is 60.6 Å². The van der Waals surface area contributed by atoms with Gasteiger partial charge in [0.2, 0.25) is 15.9 Å². The maximum Gasteiger partial charge on any atom is 0.243 e. The van der Waals surface area contributed by atoms with E-state index in [1.165, 1.54) is 0 Å². The molecular weight excluding hydrogens is 354 g/mol. The lowest BCUT2D eigenvalue weighted by molar-refractivity contribution is -0.122. The van der Waals surface area contributed by atoms with Gasteiger partial charge in [0, 0.05) is 24.5 Å².